The van der Waals surface area contributed by atoms with E-state index < -0.39 is 0 Å². The number of carbonyl (C=O) groups is 1. The maximum absolute atomic E-state index is 13.1. The summed E-state index contributed by atoms with van der Waals surface area (Å²) in [4.78, 5) is 26.5. The molecule has 1 amide bonds. The van der Waals surface area contributed by atoms with Crippen molar-refractivity contribution in [1.82, 2.24) is 19.8 Å². The molecule has 2 aliphatic heterocycles. The molecular weight excluding hydrogens is 364 g/mol. The number of rotatable bonds is 4. The van der Waals surface area contributed by atoms with Crippen LogP contribution in [0.4, 0.5) is 0 Å². The second-order valence-corrected chi connectivity index (χ2v) is 8.36. The SMILES string of the molecule is Cc1ccc(Oc2nccnc2C2CCCN(C(=O)C3CCN(C)CC3)C2)cc1. The van der Waals surface area contributed by atoms with Gasteiger partial charge in [0.2, 0.25) is 11.8 Å². The van der Waals surface area contributed by atoms with Crippen molar-refractivity contribution in [3.05, 3.63) is 47.9 Å². The molecule has 0 spiro atoms. The van der Waals surface area contributed by atoms with E-state index in [0.717, 1.165) is 56.8 Å². The largest absolute Gasteiger partial charge is 0.437 e. The first-order valence-corrected chi connectivity index (χ1v) is 10.6. The van der Waals surface area contributed by atoms with Crippen LogP contribution in [0.1, 0.15) is 42.9 Å². The van der Waals surface area contributed by atoms with Gasteiger partial charge in [-0.3, -0.25) is 9.78 Å². The fraction of sp³-hybridized carbons (Fsp3) is 0.522. The number of amides is 1. The molecule has 29 heavy (non-hydrogen) atoms. The van der Waals surface area contributed by atoms with Crippen LogP contribution < -0.4 is 4.74 Å². The van der Waals surface area contributed by atoms with Crippen LogP contribution in [0.25, 0.3) is 0 Å². The second kappa shape index (κ2) is 8.91. The summed E-state index contributed by atoms with van der Waals surface area (Å²) in [5.74, 6) is 1.94. The monoisotopic (exact) mass is 394 g/mol. The Morgan fingerprint density at radius 2 is 1.76 bits per heavy atom. The summed E-state index contributed by atoms with van der Waals surface area (Å²) in [6, 6.07) is 7.94. The number of hydrogen-bond donors (Lipinski definition) is 0. The van der Waals surface area contributed by atoms with Crippen molar-refractivity contribution >= 4 is 5.91 Å². The molecule has 0 radical (unpaired) electrons. The van der Waals surface area contributed by atoms with Gasteiger partial charge in [0.15, 0.2) is 0 Å². The molecule has 6 heteroatoms. The molecule has 0 saturated carbocycles. The van der Waals surface area contributed by atoms with E-state index in [2.05, 4.69) is 33.7 Å². The van der Waals surface area contributed by atoms with Crippen LogP contribution in [0.5, 0.6) is 11.6 Å². The molecule has 1 aromatic carbocycles. The van der Waals surface area contributed by atoms with Crippen LogP contribution in [0.15, 0.2) is 36.7 Å². The predicted octanol–water partition coefficient (Wildman–Crippen LogP) is 3.63. The van der Waals surface area contributed by atoms with Crippen LogP contribution in [0.3, 0.4) is 0 Å². The topological polar surface area (TPSA) is 58.6 Å². The van der Waals surface area contributed by atoms with E-state index in [1.807, 2.05) is 24.3 Å². The average molecular weight is 395 g/mol. The predicted molar refractivity (Wildman–Crippen MR) is 112 cm³/mol. The van der Waals surface area contributed by atoms with Gasteiger partial charge >= 0.3 is 0 Å². The summed E-state index contributed by atoms with van der Waals surface area (Å²) in [6.07, 6.45) is 7.29. The van der Waals surface area contributed by atoms with Crippen molar-refractivity contribution in [3.8, 4) is 11.6 Å². The minimum absolute atomic E-state index is 0.160. The molecule has 2 aromatic rings. The van der Waals surface area contributed by atoms with Gasteiger partial charge in [-0.2, -0.15) is 0 Å². The van der Waals surface area contributed by atoms with Crippen molar-refractivity contribution < 1.29 is 9.53 Å². The lowest BCUT2D eigenvalue weighted by atomic mass is 9.91. The molecule has 6 nitrogen and oxygen atoms in total. The quantitative estimate of drug-likeness (QED) is 0.793. The van der Waals surface area contributed by atoms with E-state index in [0.29, 0.717) is 18.3 Å². The number of nitrogens with zero attached hydrogens (tertiary/aromatic N) is 4. The smallest absolute Gasteiger partial charge is 0.241 e. The van der Waals surface area contributed by atoms with Gasteiger partial charge in [0.1, 0.15) is 11.4 Å². The first-order chi connectivity index (χ1) is 14.1. The lowest BCUT2D eigenvalue weighted by Crippen LogP contribution is -2.45. The summed E-state index contributed by atoms with van der Waals surface area (Å²) in [5, 5.41) is 0. The molecule has 3 heterocycles. The Kier molecular flexibility index (Phi) is 6.09. The fourth-order valence-electron chi connectivity index (χ4n) is 4.33. The van der Waals surface area contributed by atoms with Gasteiger partial charge in [-0.05, 0) is 64.9 Å². The summed E-state index contributed by atoms with van der Waals surface area (Å²) in [7, 11) is 2.13. The highest BCUT2D eigenvalue weighted by atomic mass is 16.5. The normalized spacial score (nSPS) is 21.2. The first kappa shape index (κ1) is 19.8. The molecule has 4 rings (SSSR count). The maximum Gasteiger partial charge on any atom is 0.241 e. The van der Waals surface area contributed by atoms with Gasteiger partial charge < -0.3 is 14.5 Å². The van der Waals surface area contributed by atoms with E-state index in [9.17, 15) is 4.79 Å². The number of aromatic nitrogens is 2. The number of aryl methyl sites for hydroxylation is 1. The van der Waals surface area contributed by atoms with Crippen LogP contribution in [0, 0.1) is 12.8 Å². The van der Waals surface area contributed by atoms with Gasteiger partial charge in [-0.15, -0.1) is 0 Å². The van der Waals surface area contributed by atoms with Gasteiger partial charge in [-0.1, -0.05) is 17.7 Å². The molecule has 1 atom stereocenters. The lowest BCUT2D eigenvalue weighted by molar-refractivity contribution is -0.138. The Morgan fingerprint density at radius 3 is 2.52 bits per heavy atom. The zero-order valence-electron chi connectivity index (χ0n) is 17.4. The molecule has 1 unspecified atom stereocenters. The molecule has 2 fully saturated rings. The Morgan fingerprint density at radius 1 is 1.03 bits per heavy atom. The van der Waals surface area contributed by atoms with Crippen molar-refractivity contribution in [3.63, 3.8) is 0 Å². The van der Waals surface area contributed by atoms with Crippen LogP contribution in [0.2, 0.25) is 0 Å². The van der Waals surface area contributed by atoms with E-state index in [-0.39, 0.29) is 11.8 Å². The van der Waals surface area contributed by atoms with E-state index in [1.54, 1.807) is 12.4 Å². The van der Waals surface area contributed by atoms with Gasteiger partial charge in [0.05, 0.1) is 0 Å². The zero-order valence-corrected chi connectivity index (χ0v) is 17.4. The number of piperidine rings is 2. The number of carbonyl (C=O) groups excluding carboxylic acids is 1. The van der Waals surface area contributed by atoms with E-state index in [1.165, 1.54) is 5.56 Å². The van der Waals surface area contributed by atoms with Crippen LogP contribution in [-0.2, 0) is 4.79 Å². The zero-order chi connectivity index (χ0) is 20.2. The highest BCUT2D eigenvalue weighted by Gasteiger charge is 2.32. The van der Waals surface area contributed by atoms with Gasteiger partial charge in [0.25, 0.3) is 0 Å². The minimum Gasteiger partial charge on any atom is -0.437 e. The van der Waals surface area contributed by atoms with Crippen molar-refractivity contribution in [1.29, 1.82) is 0 Å². The molecular formula is C23H30N4O2. The Balaban J connectivity index is 1.47. The molecule has 0 N–H and O–H groups in total. The summed E-state index contributed by atoms with van der Waals surface area (Å²) in [5.41, 5.74) is 2.04. The number of benzene rings is 1. The molecule has 0 aliphatic carbocycles. The second-order valence-electron chi connectivity index (χ2n) is 8.36. The standard InChI is InChI=1S/C23H30N4O2/c1-17-5-7-20(8-6-17)29-22-21(24-11-12-25-22)19-4-3-13-27(16-19)23(28)18-9-14-26(2)15-10-18/h5-8,11-12,18-19H,3-4,9-10,13-16H2,1-2H3. The summed E-state index contributed by atoms with van der Waals surface area (Å²) in [6.45, 7) is 5.61. The van der Waals surface area contributed by atoms with Crippen molar-refractivity contribution in [2.45, 2.75) is 38.5 Å². The molecule has 0 bridgehead atoms. The Hall–Kier alpha value is -2.47. The highest BCUT2D eigenvalue weighted by molar-refractivity contribution is 5.79. The van der Waals surface area contributed by atoms with Crippen LogP contribution in [-0.4, -0.2) is 58.9 Å². The molecule has 2 aliphatic rings. The third-order valence-corrected chi connectivity index (χ3v) is 6.11. The average Bonchev–Trinajstić information content (AvgIpc) is 2.76. The first-order valence-electron chi connectivity index (χ1n) is 10.6. The number of likely N-dealkylation sites (tertiary alicyclic amines) is 2. The molecule has 154 valence electrons. The van der Waals surface area contributed by atoms with Gasteiger partial charge in [0, 0.05) is 37.3 Å². The Bertz CT molecular complexity index is 831. The maximum atomic E-state index is 13.1. The number of hydrogen-bond acceptors (Lipinski definition) is 5. The molecule has 2 saturated heterocycles. The lowest BCUT2D eigenvalue weighted by Gasteiger charge is -2.37. The van der Waals surface area contributed by atoms with Gasteiger partial charge in [-0.25, -0.2) is 4.98 Å². The third kappa shape index (κ3) is 4.75. The van der Waals surface area contributed by atoms with E-state index >= 15 is 0 Å². The third-order valence-electron chi connectivity index (χ3n) is 6.11. The summed E-state index contributed by atoms with van der Waals surface area (Å²) >= 11 is 0. The van der Waals surface area contributed by atoms with E-state index in [4.69, 9.17) is 4.74 Å². The minimum atomic E-state index is 0.160. The summed E-state index contributed by atoms with van der Waals surface area (Å²) < 4.78 is 6.06. The number of ether oxygens (including phenoxy) is 1. The van der Waals surface area contributed by atoms with Crippen molar-refractivity contribution in [2.75, 3.05) is 33.2 Å². The Labute approximate surface area is 172 Å². The fourth-order valence-corrected chi connectivity index (χ4v) is 4.33. The van der Waals surface area contributed by atoms with Crippen LogP contribution >= 0.6 is 0 Å². The highest BCUT2D eigenvalue weighted by Crippen LogP contribution is 2.33. The molecule has 1 aromatic heterocycles. The van der Waals surface area contributed by atoms with Crippen molar-refractivity contribution in [2.24, 2.45) is 5.92 Å².